The van der Waals surface area contributed by atoms with Gasteiger partial charge in [-0.1, -0.05) is 12.1 Å². The number of nitrogens with one attached hydrogen (secondary N) is 2. The van der Waals surface area contributed by atoms with Crippen LogP contribution in [0.5, 0.6) is 0 Å². The maximum Gasteiger partial charge on any atom is 0.335 e. The SMILES string of the molecule is CC(C)OC(=O)[C@H](Cc1ccc(-n2c(=O)c3ccncc3n(C)c2=O)cc1)NC(=O)c1ccc(NS(=O)(=O)c2ccc(-c3cncnc3)cn2)cc1F. The van der Waals surface area contributed by atoms with Gasteiger partial charge in [0.05, 0.1) is 40.1 Å². The van der Waals surface area contributed by atoms with Gasteiger partial charge in [-0.3, -0.25) is 23.9 Å². The minimum atomic E-state index is -4.24. The van der Waals surface area contributed by atoms with Crippen molar-refractivity contribution in [2.24, 2.45) is 7.05 Å². The topological polar surface area (TPSA) is 197 Å². The Morgan fingerprint density at radius 3 is 2.30 bits per heavy atom. The van der Waals surface area contributed by atoms with Crippen molar-refractivity contribution in [3.8, 4) is 16.8 Å². The second-order valence-corrected chi connectivity index (χ2v) is 13.7. The van der Waals surface area contributed by atoms with E-state index in [2.05, 4.69) is 30.0 Å². The standard InChI is InChI=1S/C36H31FN8O7S/c1-21(2)52-35(48)30(14-22-4-8-26(9-5-22)45-34(47)28-12-13-38-19-31(28)44(3)36(45)49)42-33(46)27-10-7-25(15-29(27)37)43-53(50,51)32-11-6-23(18-41-32)24-16-39-20-40-17-24/h4-13,15-21,30,43H,14H2,1-3H3,(H,42,46)/t30-/m0/s1. The van der Waals surface area contributed by atoms with E-state index in [1.165, 1.54) is 72.9 Å². The second kappa shape index (κ2) is 14.9. The molecule has 15 nitrogen and oxygen atoms in total. The molecule has 0 fully saturated rings. The van der Waals surface area contributed by atoms with Crippen LogP contribution in [0.1, 0.15) is 29.8 Å². The van der Waals surface area contributed by atoms with E-state index in [1.54, 1.807) is 38.4 Å². The lowest BCUT2D eigenvalue weighted by Crippen LogP contribution is -2.44. The number of fused-ring (bicyclic) bond motifs is 1. The molecule has 1 atom stereocenters. The lowest BCUT2D eigenvalue weighted by atomic mass is 10.0. The van der Waals surface area contributed by atoms with Crippen LogP contribution < -0.4 is 21.3 Å². The third kappa shape index (κ3) is 7.84. The fraction of sp³-hybridized carbons (Fsp3) is 0.167. The fourth-order valence-electron chi connectivity index (χ4n) is 5.41. The molecule has 0 unspecified atom stereocenters. The average molecular weight is 739 g/mol. The monoisotopic (exact) mass is 738 g/mol. The molecular formula is C36H31FN8O7S. The van der Waals surface area contributed by atoms with Crippen molar-refractivity contribution in [2.75, 3.05) is 4.72 Å². The molecule has 53 heavy (non-hydrogen) atoms. The van der Waals surface area contributed by atoms with Gasteiger partial charge in [0.15, 0.2) is 5.03 Å². The van der Waals surface area contributed by atoms with Crippen molar-refractivity contribution in [1.82, 2.24) is 34.4 Å². The number of amides is 1. The molecule has 0 radical (unpaired) electrons. The Balaban J connectivity index is 1.18. The molecule has 17 heteroatoms. The first kappa shape index (κ1) is 36.2. The number of carbonyl (C=O) groups excluding carboxylic acids is 2. The van der Waals surface area contributed by atoms with Crippen LogP contribution in [0, 0.1) is 5.82 Å². The first-order chi connectivity index (χ1) is 25.3. The van der Waals surface area contributed by atoms with Crippen LogP contribution in [-0.4, -0.2) is 61.5 Å². The predicted molar refractivity (Wildman–Crippen MR) is 191 cm³/mol. The third-order valence-electron chi connectivity index (χ3n) is 8.02. The maximum absolute atomic E-state index is 15.3. The number of hydrogen-bond donors (Lipinski definition) is 2. The van der Waals surface area contributed by atoms with E-state index in [0.717, 1.165) is 16.7 Å². The molecule has 0 saturated heterocycles. The Morgan fingerprint density at radius 2 is 1.64 bits per heavy atom. The number of pyridine rings is 2. The van der Waals surface area contributed by atoms with Gasteiger partial charge in [-0.05, 0) is 67.9 Å². The molecule has 270 valence electrons. The summed E-state index contributed by atoms with van der Waals surface area (Å²) in [5, 5.41) is 2.47. The van der Waals surface area contributed by atoms with Crippen molar-refractivity contribution in [3.05, 3.63) is 136 Å². The summed E-state index contributed by atoms with van der Waals surface area (Å²) in [5.41, 5.74) is 0.649. The van der Waals surface area contributed by atoms with Gasteiger partial charge in [0.1, 0.15) is 18.2 Å². The number of nitrogens with zero attached hydrogens (tertiary/aromatic N) is 6. The van der Waals surface area contributed by atoms with Gasteiger partial charge in [0, 0.05) is 49.4 Å². The van der Waals surface area contributed by atoms with Gasteiger partial charge in [-0.2, -0.15) is 8.42 Å². The summed E-state index contributed by atoms with van der Waals surface area (Å²) in [6, 6.07) is 12.4. The van der Waals surface area contributed by atoms with E-state index in [4.69, 9.17) is 4.74 Å². The third-order valence-corrected chi connectivity index (χ3v) is 9.32. The van der Waals surface area contributed by atoms with Gasteiger partial charge in [-0.15, -0.1) is 0 Å². The van der Waals surface area contributed by atoms with Gasteiger partial charge >= 0.3 is 11.7 Å². The molecule has 6 aromatic rings. The Hall–Kier alpha value is -6.62. The van der Waals surface area contributed by atoms with Crippen LogP contribution >= 0.6 is 0 Å². The number of anilines is 1. The summed E-state index contributed by atoms with van der Waals surface area (Å²) in [7, 11) is -2.71. The van der Waals surface area contributed by atoms with Crippen LogP contribution in [0.4, 0.5) is 10.1 Å². The van der Waals surface area contributed by atoms with Crippen molar-refractivity contribution < 1.29 is 27.1 Å². The zero-order chi connectivity index (χ0) is 37.9. The van der Waals surface area contributed by atoms with Gasteiger partial charge in [-0.25, -0.2) is 33.5 Å². The number of hydrogen-bond acceptors (Lipinski definition) is 11. The average Bonchev–Trinajstić information content (AvgIpc) is 3.14. The normalized spacial score (nSPS) is 12.0. The summed E-state index contributed by atoms with van der Waals surface area (Å²) in [4.78, 5) is 68.4. The minimum Gasteiger partial charge on any atom is -0.461 e. The van der Waals surface area contributed by atoms with Crippen LogP contribution in [0.25, 0.3) is 27.7 Å². The smallest absolute Gasteiger partial charge is 0.335 e. The van der Waals surface area contributed by atoms with E-state index >= 15 is 4.39 Å². The van der Waals surface area contributed by atoms with Gasteiger partial charge in [0.25, 0.3) is 21.5 Å². The lowest BCUT2D eigenvalue weighted by Gasteiger charge is -2.20. The first-order valence-corrected chi connectivity index (χ1v) is 17.5. The number of halogens is 1. The molecule has 6 rings (SSSR count). The molecule has 2 aromatic carbocycles. The van der Waals surface area contributed by atoms with Crippen molar-refractivity contribution in [1.29, 1.82) is 0 Å². The van der Waals surface area contributed by atoms with Crippen molar-refractivity contribution >= 4 is 38.5 Å². The number of esters is 1. The Kier molecular flexibility index (Phi) is 10.2. The number of carbonyl (C=O) groups is 2. The molecule has 0 aliphatic rings. The van der Waals surface area contributed by atoms with E-state index in [1.807, 2.05) is 0 Å². The number of aryl methyl sites for hydroxylation is 1. The van der Waals surface area contributed by atoms with Crippen LogP contribution in [0.3, 0.4) is 0 Å². The molecule has 0 saturated carbocycles. The van der Waals surface area contributed by atoms with E-state index in [0.29, 0.717) is 27.6 Å². The van der Waals surface area contributed by atoms with E-state index < -0.39 is 56.7 Å². The Bertz CT molecular complexity index is 2560. The van der Waals surface area contributed by atoms with E-state index in [-0.39, 0.29) is 22.8 Å². The molecule has 4 aromatic heterocycles. The highest BCUT2D eigenvalue weighted by Crippen LogP contribution is 2.22. The molecule has 0 aliphatic heterocycles. The molecule has 1 amide bonds. The van der Waals surface area contributed by atoms with Crippen LogP contribution in [0.2, 0.25) is 0 Å². The Morgan fingerprint density at radius 1 is 0.906 bits per heavy atom. The number of sulfonamides is 1. The summed E-state index contributed by atoms with van der Waals surface area (Å²) in [6.45, 7) is 3.26. The molecule has 0 bridgehead atoms. The second-order valence-electron chi connectivity index (χ2n) is 12.1. The highest BCUT2D eigenvalue weighted by molar-refractivity contribution is 7.92. The van der Waals surface area contributed by atoms with Crippen LogP contribution in [0.15, 0.2) is 113 Å². The molecular weight excluding hydrogens is 708 g/mol. The quantitative estimate of drug-likeness (QED) is 0.185. The summed E-state index contributed by atoms with van der Waals surface area (Å²) < 4.78 is 51.2. The first-order valence-electron chi connectivity index (χ1n) is 16.0. The highest BCUT2D eigenvalue weighted by Gasteiger charge is 2.26. The number of benzene rings is 2. The van der Waals surface area contributed by atoms with Crippen molar-refractivity contribution in [3.63, 3.8) is 0 Å². The van der Waals surface area contributed by atoms with Crippen LogP contribution in [-0.2, 0) is 33.0 Å². The summed E-state index contributed by atoms with van der Waals surface area (Å²) >= 11 is 0. The van der Waals surface area contributed by atoms with Gasteiger partial charge in [0.2, 0.25) is 0 Å². The molecule has 0 aliphatic carbocycles. The molecule has 0 spiro atoms. The fourth-order valence-corrected chi connectivity index (χ4v) is 6.39. The summed E-state index contributed by atoms with van der Waals surface area (Å²) in [6.07, 6.45) is 8.06. The summed E-state index contributed by atoms with van der Waals surface area (Å²) in [5.74, 6) is -2.80. The zero-order valence-corrected chi connectivity index (χ0v) is 29.2. The number of rotatable bonds is 11. The van der Waals surface area contributed by atoms with Crippen molar-refractivity contribution in [2.45, 2.75) is 37.4 Å². The number of ether oxygens (including phenoxy) is 1. The van der Waals surface area contributed by atoms with Gasteiger partial charge < -0.3 is 10.1 Å². The molecule has 4 heterocycles. The number of aromatic nitrogens is 6. The Labute approximate surface area is 301 Å². The lowest BCUT2D eigenvalue weighted by molar-refractivity contribution is -0.149. The predicted octanol–water partition coefficient (Wildman–Crippen LogP) is 3.17. The zero-order valence-electron chi connectivity index (χ0n) is 28.4. The minimum absolute atomic E-state index is 0.0868. The highest BCUT2D eigenvalue weighted by atomic mass is 32.2. The maximum atomic E-state index is 15.3. The molecule has 2 N–H and O–H groups in total. The largest absolute Gasteiger partial charge is 0.461 e. The van der Waals surface area contributed by atoms with E-state index in [9.17, 15) is 27.6 Å².